The molecule has 170 valence electrons. The summed E-state index contributed by atoms with van der Waals surface area (Å²) in [6.45, 7) is 0. The number of rotatable bonds is 6. The van der Waals surface area contributed by atoms with Crippen molar-refractivity contribution in [1.82, 2.24) is 0 Å². The summed E-state index contributed by atoms with van der Waals surface area (Å²) in [6, 6.07) is 9.44. The molecule has 0 radical (unpaired) electrons. The van der Waals surface area contributed by atoms with Gasteiger partial charge in [0.25, 0.3) is 0 Å². The van der Waals surface area contributed by atoms with Gasteiger partial charge in [-0.15, -0.1) is 5.11 Å². The van der Waals surface area contributed by atoms with Crippen LogP contribution in [0.2, 0.25) is 0 Å². The predicted octanol–water partition coefficient (Wildman–Crippen LogP) is 1.13. The summed E-state index contributed by atoms with van der Waals surface area (Å²) in [4.78, 5) is 11.3. The van der Waals surface area contributed by atoms with Gasteiger partial charge in [0.15, 0.2) is 5.56 Å². The average molecular weight is 630 g/mol. The number of hydrogen-bond donors (Lipinski definition) is 1. The van der Waals surface area contributed by atoms with Crippen molar-refractivity contribution in [3.05, 3.63) is 47.5 Å². The van der Waals surface area contributed by atoms with E-state index in [0.717, 1.165) is 0 Å². The van der Waals surface area contributed by atoms with Gasteiger partial charge in [0, 0.05) is 10.9 Å². The normalized spacial score (nSPS) is 10.5. The first-order valence-electron chi connectivity index (χ1n) is 7.83. The molecule has 0 saturated heterocycles. The van der Waals surface area contributed by atoms with Crippen LogP contribution in [0.25, 0.3) is 0 Å². The van der Waals surface area contributed by atoms with Gasteiger partial charge in [0.1, 0.15) is 5.69 Å². The number of hydrogen-bond acceptors (Lipinski definition) is 11. The number of amidine groups is 1. The second-order valence-electron chi connectivity index (χ2n) is 4.98. The van der Waals surface area contributed by atoms with Gasteiger partial charge in [0.05, 0.1) is 24.6 Å². The minimum atomic E-state index is -2.03. The van der Waals surface area contributed by atoms with Crippen molar-refractivity contribution in [2.24, 2.45) is 26.2 Å². The third kappa shape index (κ3) is 10.9. The first kappa shape index (κ1) is 29.0. The Kier molecular flexibility index (Phi) is 15.2. The molecule has 0 amide bonds. The summed E-state index contributed by atoms with van der Waals surface area (Å²) in [5, 5.41) is 30.4. The Hall–Kier alpha value is -2.95. The Bertz CT molecular complexity index is 1080. The van der Waals surface area contributed by atoms with E-state index in [-0.39, 0.29) is 27.9 Å². The first-order chi connectivity index (χ1) is 15.2. The van der Waals surface area contributed by atoms with Crippen molar-refractivity contribution >= 4 is 41.4 Å². The van der Waals surface area contributed by atoms with Gasteiger partial charge in [-0.25, -0.2) is 0 Å². The van der Waals surface area contributed by atoms with Crippen LogP contribution in [0.1, 0.15) is 15.9 Å². The summed E-state index contributed by atoms with van der Waals surface area (Å²) >= 11 is 0.537. The van der Waals surface area contributed by atoms with Crippen molar-refractivity contribution in [3.8, 4) is 11.5 Å². The molecule has 0 aliphatic carbocycles. The number of benzene rings is 2. The van der Waals surface area contributed by atoms with E-state index in [2.05, 4.69) is 33.1 Å². The number of nitrogens with zero attached hydrogens (tertiary/aromatic N) is 4. The molecule has 0 aliphatic heterocycles. The number of carbonyl (C=O) groups is 1. The number of nitrogens with two attached hydrogens (primary N) is 1. The van der Waals surface area contributed by atoms with E-state index in [1.165, 1.54) is 31.5 Å². The molecule has 0 aliphatic rings. The van der Waals surface area contributed by atoms with Crippen LogP contribution in [0, 0.1) is 0 Å². The van der Waals surface area contributed by atoms with Crippen LogP contribution in [0.5, 0.6) is 11.5 Å². The van der Waals surface area contributed by atoms with Crippen molar-refractivity contribution in [2.45, 2.75) is 0 Å². The Morgan fingerprint density at radius 3 is 2.25 bits per heavy atom. The van der Waals surface area contributed by atoms with E-state index in [0.29, 0.717) is 11.3 Å². The summed E-state index contributed by atoms with van der Waals surface area (Å²) in [5.74, 6) is -0.524. The molecule has 0 atom stereocenters. The number of azo groups is 1. The number of methoxy groups -OCH3 is 1. The fraction of sp³-hybridized carbons (Fsp3) is 0.0625. The van der Waals surface area contributed by atoms with Crippen molar-refractivity contribution in [1.29, 1.82) is 0 Å². The van der Waals surface area contributed by atoms with Gasteiger partial charge in [0.2, 0.25) is 5.75 Å². The Morgan fingerprint density at radius 2 is 1.72 bits per heavy atom. The van der Waals surface area contributed by atoms with Crippen LogP contribution in [0.4, 0.5) is 11.4 Å². The fourth-order valence-corrected chi connectivity index (χ4v) is 2.00. The molecular formula is C16H16Mo2N5O8S+. The monoisotopic (exact) mass is 634 g/mol. The molecule has 13 nitrogen and oxygen atoms in total. The van der Waals surface area contributed by atoms with E-state index in [9.17, 15) is 4.79 Å². The van der Waals surface area contributed by atoms with Gasteiger partial charge < -0.3 is 33.3 Å². The van der Waals surface area contributed by atoms with Crippen LogP contribution in [-0.4, -0.2) is 34.7 Å². The van der Waals surface area contributed by atoms with E-state index in [1.807, 2.05) is 0 Å². The van der Waals surface area contributed by atoms with Gasteiger partial charge in [-0.05, 0) is 23.4 Å². The molecule has 32 heavy (non-hydrogen) atoms. The SMILES string of the molecule is COc1cc(N=Nc2ccccc2C(=O)[OH2+])cc(C=NN=C(N)[S-])c1[OH2+].[O]=[Mo]=[O].[O]=[Mo]=[O]. The van der Waals surface area contributed by atoms with Crippen LogP contribution in [0.15, 0.2) is 56.8 Å². The van der Waals surface area contributed by atoms with E-state index in [1.54, 1.807) is 18.2 Å². The van der Waals surface area contributed by atoms with Gasteiger partial charge in [-0.1, -0.05) is 12.1 Å². The fourth-order valence-electron chi connectivity index (χ4n) is 1.95. The molecule has 0 saturated carbocycles. The van der Waals surface area contributed by atoms with Crippen LogP contribution < -0.4 is 10.5 Å². The molecule has 0 bridgehead atoms. The molecule has 0 aromatic heterocycles. The predicted molar refractivity (Wildman–Crippen MR) is 104 cm³/mol. The quantitative estimate of drug-likeness (QED) is 0.0926. The maximum absolute atomic E-state index is 11.3. The van der Waals surface area contributed by atoms with E-state index >= 15 is 0 Å². The Balaban J connectivity index is 0.00000144. The molecule has 2 rings (SSSR count). The third-order valence-corrected chi connectivity index (χ3v) is 3.19. The zero-order valence-electron chi connectivity index (χ0n) is 16.1. The molecule has 0 spiro atoms. The van der Waals surface area contributed by atoms with Crippen molar-refractivity contribution in [2.75, 3.05) is 7.11 Å². The zero-order valence-corrected chi connectivity index (χ0v) is 20.9. The first-order valence-corrected chi connectivity index (χ1v) is 11.5. The second kappa shape index (κ2) is 16.7. The van der Waals surface area contributed by atoms with E-state index < -0.39 is 42.9 Å². The Labute approximate surface area is 203 Å². The van der Waals surface area contributed by atoms with Crippen LogP contribution >= 0.6 is 0 Å². The average Bonchev–Trinajstić information content (AvgIpc) is 2.75. The summed E-state index contributed by atoms with van der Waals surface area (Å²) in [7, 11) is 1.42. The Morgan fingerprint density at radius 1 is 1.12 bits per heavy atom. The molecule has 6 N–H and O–H groups in total. The van der Waals surface area contributed by atoms with Gasteiger partial charge in [-0.2, -0.15) is 15.3 Å². The van der Waals surface area contributed by atoms with Crippen LogP contribution in [0.3, 0.4) is 0 Å². The minimum absolute atomic E-state index is 0.0788. The van der Waals surface area contributed by atoms with Gasteiger partial charge >= 0.3 is 62.3 Å². The second-order valence-corrected chi connectivity index (χ2v) is 6.06. The third-order valence-electron chi connectivity index (χ3n) is 3.11. The maximum atomic E-state index is 11.3. The van der Waals surface area contributed by atoms with Crippen LogP contribution in [-0.2, 0) is 63.2 Å². The zero-order chi connectivity index (χ0) is 24.5. The van der Waals surface area contributed by atoms with E-state index in [4.69, 9.17) is 34.3 Å². The topological polar surface area (TPSA) is 216 Å². The summed E-state index contributed by atoms with van der Waals surface area (Å²) in [6.07, 6.45) is 1.30. The van der Waals surface area contributed by atoms with Gasteiger partial charge in [-0.3, -0.25) is 0 Å². The molecule has 0 heterocycles. The molecule has 0 unspecified atom stereocenters. The van der Waals surface area contributed by atoms with Crippen molar-refractivity contribution in [3.63, 3.8) is 0 Å². The summed E-state index contributed by atoms with van der Waals surface area (Å²) in [5.41, 5.74) is 6.36. The number of carbonyl (C=O) groups excluding carboxylic acids is 1. The summed E-state index contributed by atoms with van der Waals surface area (Å²) < 4.78 is 39.2. The molecule has 0 fully saturated rings. The molecular weight excluding hydrogens is 614 g/mol. The number of ether oxygens (including phenoxy) is 1. The molecule has 2 aromatic carbocycles. The molecule has 2 aromatic rings. The standard InChI is InChI=1S/C16H15N5O4S.2Mo.4O/c1-25-13-7-10(6-9(14(13)22)8-18-21-16(17)26)19-20-12-5-3-2-4-11(12)15(23)24;;;;;;/h2-8,22H,1H3,(H,23,24)(H3,17,21,26);;;;;;/p+1. The van der Waals surface area contributed by atoms with Crippen molar-refractivity contribution < 1.29 is 70.3 Å². The molecule has 16 heteroatoms.